The van der Waals surface area contributed by atoms with Crippen LogP contribution in [-0.2, 0) is 16.6 Å². The maximum Gasteiger partial charge on any atom is 0.338 e. The fourth-order valence-corrected chi connectivity index (χ4v) is 7.62. The number of fused-ring (bicyclic) bond motifs is 3. The number of hydrogen-bond donors (Lipinski definition) is 2. The summed E-state index contributed by atoms with van der Waals surface area (Å²) in [6.45, 7) is 9.45. The number of halogens is 3. The van der Waals surface area contributed by atoms with Gasteiger partial charge in [0.15, 0.2) is 5.78 Å². The molecule has 2 aliphatic rings. The zero-order valence-electron chi connectivity index (χ0n) is 21.6. The summed E-state index contributed by atoms with van der Waals surface area (Å²) in [5, 5.41) is 19.9. The van der Waals surface area contributed by atoms with Gasteiger partial charge in [-0.05, 0) is 85.1 Å². The quantitative estimate of drug-likeness (QED) is 0.282. The first-order chi connectivity index (χ1) is 17.2. The van der Waals surface area contributed by atoms with E-state index in [1.807, 2.05) is 32.9 Å². The van der Waals surface area contributed by atoms with Gasteiger partial charge in [0.05, 0.1) is 31.6 Å². The van der Waals surface area contributed by atoms with Crippen molar-refractivity contribution in [3.05, 3.63) is 66.1 Å². The SMILES string of the molecule is Cc1c(Cl)c(Cl)c(C(=O)c2cc3c(cc2C(C)C)CCC2C(C)(C(=O)O)CCCC32C)c(C(=O)O)c1Cl. The topological polar surface area (TPSA) is 91.7 Å². The third-order valence-electron chi connectivity index (χ3n) is 8.86. The molecule has 1 fully saturated rings. The summed E-state index contributed by atoms with van der Waals surface area (Å²) in [6, 6.07) is 3.89. The highest BCUT2D eigenvalue weighted by Crippen LogP contribution is 2.58. The molecule has 3 unspecified atom stereocenters. The van der Waals surface area contributed by atoms with Crippen molar-refractivity contribution in [2.75, 3.05) is 0 Å². The van der Waals surface area contributed by atoms with Crippen molar-refractivity contribution in [2.24, 2.45) is 11.3 Å². The average molecular weight is 566 g/mol. The van der Waals surface area contributed by atoms with E-state index < -0.39 is 28.6 Å². The number of ketones is 1. The predicted octanol–water partition coefficient (Wildman–Crippen LogP) is 8.10. The van der Waals surface area contributed by atoms with Crippen LogP contribution >= 0.6 is 34.8 Å². The molecule has 0 aliphatic heterocycles. The highest BCUT2D eigenvalue weighted by Gasteiger charge is 2.55. The minimum absolute atomic E-state index is 0.0335. The van der Waals surface area contributed by atoms with Gasteiger partial charge in [0.25, 0.3) is 0 Å². The van der Waals surface area contributed by atoms with Gasteiger partial charge in [-0.15, -0.1) is 0 Å². The second-order valence-corrected chi connectivity index (χ2v) is 12.4. The molecule has 8 heteroatoms. The van der Waals surface area contributed by atoms with Crippen molar-refractivity contribution in [2.45, 2.75) is 78.1 Å². The van der Waals surface area contributed by atoms with Crippen LogP contribution < -0.4 is 0 Å². The number of benzene rings is 2. The summed E-state index contributed by atoms with van der Waals surface area (Å²) in [7, 11) is 0. The molecule has 0 saturated heterocycles. The van der Waals surface area contributed by atoms with Crippen LogP contribution in [0.3, 0.4) is 0 Å². The van der Waals surface area contributed by atoms with Crippen molar-refractivity contribution >= 4 is 52.5 Å². The number of rotatable bonds is 5. The minimum atomic E-state index is -1.37. The van der Waals surface area contributed by atoms with Gasteiger partial charge < -0.3 is 10.2 Å². The molecule has 2 aliphatic carbocycles. The lowest BCUT2D eigenvalue weighted by Crippen LogP contribution is -2.52. The van der Waals surface area contributed by atoms with Gasteiger partial charge in [0.2, 0.25) is 0 Å². The fourth-order valence-electron chi connectivity index (χ4n) is 6.79. The van der Waals surface area contributed by atoms with Crippen LogP contribution in [0.15, 0.2) is 12.1 Å². The lowest BCUT2D eigenvalue weighted by atomic mass is 9.49. The van der Waals surface area contributed by atoms with E-state index >= 15 is 0 Å². The Balaban J connectivity index is 1.99. The van der Waals surface area contributed by atoms with Gasteiger partial charge in [0, 0.05) is 5.56 Å². The van der Waals surface area contributed by atoms with E-state index in [2.05, 4.69) is 6.92 Å². The monoisotopic (exact) mass is 564 g/mol. The van der Waals surface area contributed by atoms with Crippen molar-refractivity contribution < 1.29 is 24.6 Å². The first-order valence-corrected chi connectivity index (χ1v) is 13.7. The van der Waals surface area contributed by atoms with Crippen LogP contribution in [0.5, 0.6) is 0 Å². The summed E-state index contributed by atoms with van der Waals surface area (Å²) < 4.78 is 0. The van der Waals surface area contributed by atoms with Gasteiger partial charge >= 0.3 is 11.9 Å². The second-order valence-electron chi connectivity index (χ2n) is 11.3. The van der Waals surface area contributed by atoms with E-state index in [1.165, 1.54) is 0 Å². The summed E-state index contributed by atoms with van der Waals surface area (Å²) in [4.78, 5) is 38.8. The Hall–Kier alpha value is -2.08. The molecule has 2 aromatic carbocycles. The third-order valence-corrected chi connectivity index (χ3v) is 10.3. The van der Waals surface area contributed by atoms with Crippen molar-refractivity contribution in [3.63, 3.8) is 0 Å². The smallest absolute Gasteiger partial charge is 0.338 e. The van der Waals surface area contributed by atoms with Crippen LogP contribution in [0.1, 0.15) is 108 Å². The molecule has 2 aromatic rings. The summed E-state index contributed by atoms with van der Waals surface area (Å²) in [6.07, 6.45) is 3.67. The van der Waals surface area contributed by atoms with Crippen LogP contribution in [0, 0.1) is 18.3 Å². The normalized spacial score (nSPS) is 24.9. The summed E-state index contributed by atoms with van der Waals surface area (Å²) in [5.41, 5.74) is 1.59. The van der Waals surface area contributed by atoms with Crippen LogP contribution in [0.25, 0.3) is 0 Å². The molecule has 0 bridgehead atoms. The second kappa shape index (κ2) is 9.59. The maximum atomic E-state index is 14.2. The molecule has 2 N–H and O–H groups in total. The number of carbonyl (C=O) groups is 3. The molecule has 0 spiro atoms. The van der Waals surface area contributed by atoms with Crippen molar-refractivity contribution in [3.8, 4) is 0 Å². The van der Waals surface area contributed by atoms with Gasteiger partial charge in [0.1, 0.15) is 0 Å². The molecular weight excluding hydrogens is 535 g/mol. The number of carboxylic acids is 2. The number of aromatic carboxylic acids is 1. The average Bonchev–Trinajstić information content (AvgIpc) is 2.83. The Morgan fingerprint density at radius 2 is 1.62 bits per heavy atom. The number of carboxylic acid groups (broad SMARTS) is 2. The Kier molecular flexibility index (Phi) is 7.24. The Labute approximate surface area is 232 Å². The highest BCUT2D eigenvalue weighted by atomic mass is 35.5. The summed E-state index contributed by atoms with van der Waals surface area (Å²) in [5.74, 6) is -2.83. The lowest BCUT2D eigenvalue weighted by Gasteiger charge is -2.53. The van der Waals surface area contributed by atoms with E-state index in [0.717, 1.165) is 42.4 Å². The number of aryl methyl sites for hydroxylation is 1. The first kappa shape index (κ1) is 27.9. The molecule has 3 atom stereocenters. The molecule has 37 heavy (non-hydrogen) atoms. The van der Waals surface area contributed by atoms with Gasteiger partial charge in [-0.3, -0.25) is 9.59 Å². The third kappa shape index (κ3) is 4.18. The van der Waals surface area contributed by atoms with E-state index in [4.69, 9.17) is 34.8 Å². The highest BCUT2D eigenvalue weighted by molar-refractivity contribution is 6.48. The molecule has 1 saturated carbocycles. The van der Waals surface area contributed by atoms with Crippen LogP contribution in [0.4, 0.5) is 0 Å². The molecule has 198 valence electrons. The van der Waals surface area contributed by atoms with Gasteiger partial charge in [-0.25, -0.2) is 4.79 Å². The zero-order chi connectivity index (χ0) is 27.6. The molecule has 4 rings (SSSR count). The molecule has 0 amide bonds. The predicted molar refractivity (Wildman–Crippen MR) is 146 cm³/mol. The Bertz CT molecular complexity index is 1350. The molecule has 5 nitrogen and oxygen atoms in total. The Morgan fingerprint density at radius 1 is 0.973 bits per heavy atom. The number of carbonyl (C=O) groups excluding carboxylic acids is 1. The van der Waals surface area contributed by atoms with Crippen molar-refractivity contribution in [1.29, 1.82) is 0 Å². The summed E-state index contributed by atoms with van der Waals surface area (Å²) >= 11 is 19.2. The number of aliphatic carboxylic acids is 1. The molecular formula is C29H31Cl3O5. The van der Waals surface area contributed by atoms with Crippen LogP contribution in [-0.4, -0.2) is 27.9 Å². The zero-order valence-corrected chi connectivity index (χ0v) is 23.9. The van der Waals surface area contributed by atoms with Gasteiger partial charge in [-0.1, -0.05) is 68.1 Å². The first-order valence-electron chi connectivity index (χ1n) is 12.5. The van der Waals surface area contributed by atoms with E-state index in [9.17, 15) is 24.6 Å². The number of hydrogen-bond acceptors (Lipinski definition) is 3. The maximum absolute atomic E-state index is 14.2. The molecule has 0 radical (unpaired) electrons. The lowest BCUT2D eigenvalue weighted by molar-refractivity contribution is -0.157. The van der Waals surface area contributed by atoms with Gasteiger partial charge in [-0.2, -0.15) is 0 Å². The molecule has 0 aromatic heterocycles. The largest absolute Gasteiger partial charge is 0.481 e. The molecule has 0 heterocycles. The fraction of sp³-hybridized carbons (Fsp3) is 0.483. The van der Waals surface area contributed by atoms with E-state index in [-0.39, 0.29) is 38.0 Å². The standard InChI is InChI=1S/C29H31Cl3O5/c1-13(2)16-11-15-7-8-19-28(4,9-6-10-29(19,5)27(36)37)18(15)12-17(16)25(33)20-21(26(34)35)22(30)14(3)23(31)24(20)32/h11-13,19H,6-10H2,1-5H3,(H,34,35)(H,36,37). The Morgan fingerprint density at radius 3 is 2.19 bits per heavy atom. The minimum Gasteiger partial charge on any atom is -0.481 e. The van der Waals surface area contributed by atoms with E-state index in [0.29, 0.717) is 17.5 Å². The van der Waals surface area contributed by atoms with Crippen molar-refractivity contribution in [1.82, 2.24) is 0 Å². The van der Waals surface area contributed by atoms with E-state index in [1.54, 1.807) is 6.92 Å². The van der Waals surface area contributed by atoms with Crippen LogP contribution in [0.2, 0.25) is 15.1 Å².